The third-order valence-corrected chi connectivity index (χ3v) is 6.62. The van der Waals surface area contributed by atoms with Crippen LogP contribution < -0.4 is 0 Å². The summed E-state index contributed by atoms with van der Waals surface area (Å²) in [5.74, 6) is 0.616. The Morgan fingerprint density at radius 2 is 2.24 bits per heavy atom. The highest BCUT2D eigenvalue weighted by Crippen LogP contribution is 2.33. The van der Waals surface area contributed by atoms with Crippen LogP contribution in [-0.2, 0) is 14.8 Å². The van der Waals surface area contributed by atoms with E-state index >= 15 is 0 Å². The van der Waals surface area contributed by atoms with Gasteiger partial charge in [0, 0.05) is 13.5 Å². The summed E-state index contributed by atoms with van der Waals surface area (Å²) in [6.45, 7) is 2.38. The predicted octanol–water partition coefficient (Wildman–Crippen LogP) is 1.86. The van der Waals surface area contributed by atoms with Gasteiger partial charge >= 0.3 is 0 Å². The number of nitrogens with zero attached hydrogens (tertiary/aromatic N) is 3. The van der Waals surface area contributed by atoms with Crippen LogP contribution in [0.15, 0.2) is 20.8 Å². The number of sulfonamides is 1. The molecule has 1 unspecified atom stereocenters. The van der Waals surface area contributed by atoms with Crippen LogP contribution in [0.2, 0.25) is 4.34 Å². The minimum absolute atomic E-state index is 0.181. The largest absolute Gasteiger partial charge is 0.424 e. The van der Waals surface area contributed by atoms with Gasteiger partial charge in [0.1, 0.15) is 10.3 Å². The van der Waals surface area contributed by atoms with Crippen LogP contribution in [0, 0.1) is 6.92 Å². The molecule has 2 aromatic rings. The lowest BCUT2D eigenvalue weighted by Crippen LogP contribution is -2.43. The average molecular weight is 350 g/mol. The van der Waals surface area contributed by atoms with Crippen LogP contribution >= 0.6 is 22.9 Å². The normalized spacial score (nSPS) is 20.8. The molecule has 0 N–H and O–H groups in total. The number of thiophene rings is 1. The summed E-state index contributed by atoms with van der Waals surface area (Å²) < 4.78 is 38.1. The van der Waals surface area contributed by atoms with Gasteiger partial charge in [0.05, 0.1) is 17.6 Å². The quantitative estimate of drug-likeness (QED) is 0.840. The first-order valence-electron chi connectivity index (χ1n) is 6.13. The van der Waals surface area contributed by atoms with Crippen molar-refractivity contribution < 1.29 is 17.6 Å². The first-order chi connectivity index (χ1) is 9.98. The van der Waals surface area contributed by atoms with Gasteiger partial charge in [0.15, 0.2) is 0 Å². The van der Waals surface area contributed by atoms with E-state index in [0.717, 1.165) is 11.3 Å². The number of aromatic nitrogens is 2. The summed E-state index contributed by atoms with van der Waals surface area (Å²) in [6, 6.07) is 2.44. The zero-order chi connectivity index (χ0) is 15.0. The average Bonchev–Trinajstić information content (AvgIpc) is 3.08. The molecule has 3 rings (SSSR count). The number of hydrogen-bond donors (Lipinski definition) is 0. The number of halogens is 1. The number of rotatable bonds is 3. The van der Waals surface area contributed by atoms with Gasteiger partial charge in [0.25, 0.3) is 10.0 Å². The number of morpholine rings is 1. The molecule has 0 aromatic carbocycles. The smallest absolute Gasteiger partial charge is 0.253 e. The topological polar surface area (TPSA) is 85.5 Å². The minimum atomic E-state index is -3.67. The molecule has 10 heteroatoms. The Hall–Kier alpha value is -1.00. The number of aryl methyl sites for hydroxylation is 1. The third kappa shape index (κ3) is 2.84. The fraction of sp³-hybridized carbons (Fsp3) is 0.455. The monoisotopic (exact) mass is 349 g/mol. The van der Waals surface area contributed by atoms with Gasteiger partial charge in [-0.05, 0) is 12.1 Å². The Bertz CT molecular complexity index is 742. The van der Waals surface area contributed by atoms with E-state index in [1.54, 1.807) is 13.0 Å². The van der Waals surface area contributed by atoms with Gasteiger partial charge in [-0.1, -0.05) is 11.6 Å². The summed E-state index contributed by atoms with van der Waals surface area (Å²) in [7, 11) is -3.67. The van der Waals surface area contributed by atoms with E-state index in [9.17, 15) is 8.42 Å². The molecule has 1 fully saturated rings. The van der Waals surface area contributed by atoms with E-state index < -0.39 is 16.1 Å². The standard InChI is InChI=1S/C11H12ClN3O4S2/c1-7-13-14-11(19-7)8-6-18-5-4-15(8)21(16,17)10-3-2-9(12)20-10/h2-3,8H,4-6H2,1H3. The molecule has 0 saturated carbocycles. The van der Waals surface area contributed by atoms with Crippen LogP contribution in [0.4, 0.5) is 0 Å². The van der Waals surface area contributed by atoms with Crippen LogP contribution in [-0.4, -0.2) is 42.7 Å². The maximum atomic E-state index is 12.7. The highest BCUT2D eigenvalue weighted by molar-refractivity contribution is 7.91. The van der Waals surface area contributed by atoms with Crippen LogP contribution in [0.3, 0.4) is 0 Å². The lowest BCUT2D eigenvalue weighted by Gasteiger charge is -2.31. The predicted molar refractivity (Wildman–Crippen MR) is 75.8 cm³/mol. The van der Waals surface area contributed by atoms with Gasteiger partial charge in [-0.25, -0.2) is 8.42 Å². The molecular formula is C11H12ClN3O4S2. The molecule has 0 spiro atoms. The van der Waals surface area contributed by atoms with Crippen molar-refractivity contribution in [2.45, 2.75) is 17.2 Å². The molecule has 1 aliphatic rings. The second-order valence-corrected chi connectivity index (χ2v) is 8.26. The highest BCUT2D eigenvalue weighted by atomic mass is 35.5. The second kappa shape index (κ2) is 5.65. The Morgan fingerprint density at radius 3 is 2.86 bits per heavy atom. The van der Waals surface area contributed by atoms with Crippen molar-refractivity contribution in [2.75, 3.05) is 19.8 Å². The molecular weight excluding hydrogens is 338 g/mol. The summed E-state index contributed by atoms with van der Waals surface area (Å²) in [4.78, 5) is 0. The van der Waals surface area contributed by atoms with Gasteiger partial charge in [-0.2, -0.15) is 4.31 Å². The minimum Gasteiger partial charge on any atom is -0.424 e. The van der Waals surface area contributed by atoms with Gasteiger partial charge < -0.3 is 9.15 Å². The van der Waals surface area contributed by atoms with Crippen molar-refractivity contribution >= 4 is 33.0 Å². The van der Waals surface area contributed by atoms with E-state index in [2.05, 4.69) is 10.2 Å². The Kier molecular flexibility index (Phi) is 4.02. The van der Waals surface area contributed by atoms with E-state index in [1.165, 1.54) is 10.4 Å². The van der Waals surface area contributed by atoms with Crippen molar-refractivity contribution in [1.29, 1.82) is 0 Å². The molecule has 3 heterocycles. The van der Waals surface area contributed by atoms with Crippen LogP contribution in [0.25, 0.3) is 0 Å². The summed E-state index contributed by atoms with van der Waals surface area (Å²) in [5.41, 5.74) is 0. The summed E-state index contributed by atoms with van der Waals surface area (Å²) in [5, 5.41) is 7.65. The molecule has 114 valence electrons. The molecule has 0 amide bonds. The molecule has 0 bridgehead atoms. The molecule has 21 heavy (non-hydrogen) atoms. The second-order valence-electron chi connectivity index (χ2n) is 4.42. The summed E-state index contributed by atoms with van der Waals surface area (Å²) >= 11 is 6.85. The molecule has 0 aliphatic carbocycles. The van der Waals surface area contributed by atoms with Gasteiger partial charge in [-0.15, -0.1) is 21.5 Å². The Labute approximate surface area is 130 Å². The Balaban J connectivity index is 1.97. The van der Waals surface area contributed by atoms with Crippen molar-refractivity contribution in [2.24, 2.45) is 0 Å². The number of ether oxygens (including phenoxy) is 1. The highest BCUT2D eigenvalue weighted by Gasteiger charge is 2.38. The zero-order valence-electron chi connectivity index (χ0n) is 11.0. The number of hydrogen-bond acceptors (Lipinski definition) is 7. The molecule has 1 saturated heterocycles. The zero-order valence-corrected chi connectivity index (χ0v) is 13.4. The molecule has 7 nitrogen and oxygen atoms in total. The Morgan fingerprint density at radius 1 is 1.43 bits per heavy atom. The fourth-order valence-corrected chi connectivity index (χ4v) is 5.23. The van der Waals surface area contributed by atoms with E-state index in [1.807, 2.05) is 0 Å². The van der Waals surface area contributed by atoms with E-state index in [-0.39, 0.29) is 23.3 Å². The van der Waals surface area contributed by atoms with Crippen LogP contribution in [0.1, 0.15) is 17.8 Å². The van der Waals surface area contributed by atoms with Crippen molar-refractivity contribution in [1.82, 2.24) is 14.5 Å². The van der Waals surface area contributed by atoms with Gasteiger partial charge in [0.2, 0.25) is 11.8 Å². The fourth-order valence-electron chi connectivity index (χ4n) is 2.07. The van der Waals surface area contributed by atoms with Crippen molar-refractivity contribution in [3.8, 4) is 0 Å². The first kappa shape index (κ1) is 14.9. The van der Waals surface area contributed by atoms with Crippen LogP contribution in [0.5, 0.6) is 0 Å². The molecule has 0 radical (unpaired) electrons. The molecule has 2 aromatic heterocycles. The van der Waals surface area contributed by atoms with E-state index in [4.69, 9.17) is 20.8 Å². The maximum Gasteiger partial charge on any atom is 0.253 e. The molecule has 1 aliphatic heterocycles. The summed E-state index contributed by atoms with van der Waals surface area (Å²) in [6.07, 6.45) is 0. The van der Waals surface area contributed by atoms with Gasteiger partial charge in [-0.3, -0.25) is 0 Å². The van der Waals surface area contributed by atoms with Crippen molar-refractivity contribution in [3.05, 3.63) is 28.3 Å². The maximum absolute atomic E-state index is 12.7. The first-order valence-corrected chi connectivity index (χ1v) is 8.77. The lowest BCUT2D eigenvalue weighted by atomic mass is 10.3. The lowest BCUT2D eigenvalue weighted by molar-refractivity contribution is 0.0222. The van der Waals surface area contributed by atoms with Crippen molar-refractivity contribution in [3.63, 3.8) is 0 Å². The SMILES string of the molecule is Cc1nnc(C2COCCN2S(=O)(=O)c2ccc(Cl)s2)o1. The molecule has 1 atom stereocenters. The van der Waals surface area contributed by atoms with E-state index in [0.29, 0.717) is 16.8 Å². The third-order valence-electron chi connectivity index (χ3n) is 3.02.